The van der Waals surface area contributed by atoms with Gasteiger partial charge in [0.1, 0.15) is 0 Å². The first kappa shape index (κ1) is 21.9. The van der Waals surface area contributed by atoms with E-state index in [1.807, 2.05) is 14.1 Å². The van der Waals surface area contributed by atoms with Gasteiger partial charge >= 0.3 is 0 Å². The summed E-state index contributed by atoms with van der Waals surface area (Å²) >= 11 is 0. The smallest absolute Gasteiger partial charge is 0.00218 e. The fourth-order valence-corrected chi connectivity index (χ4v) is 2.89. The Morgan fingerprint density at radius 2 is 0.818 bits per heavy atom. The lowest BCUT2D eigenvalue weighted by atomic mass is 10.1. The molecule has 0 aromatic carbocycles. The highest BCUT2D eigenvalue weighted by atomic mass is 15.1. The maximum Gasteiger partial charge on any atom is -0.00218 e. The number of nitrogens with zero attached hydrogens (tertiary/aromatic N) is 1. The van der Waals surface area contributed by atoms with Crippen molar-refractivity contribution in [3.05, 3.63) is 0 Å². The Morgan fingerprint density at radius 3 is 1.18 bits per heavy atom. The van der Waals surface area contributed by atoms with Gasteiger partial charge in [0.25, 0.3) is 0 Å². The van der Waals surface area contributed by atoms with Gasteiger partial charge in [-0.2, -0.15) is 0 Å². The van der Waals surface area contributed by atoms with Gasteiger partial charge in [-0.3, -0.25) is 0 Å². The van der Waals surface area contributed by atoms with Crippen LogP contribution in [0.15, 0.2) is 0 Å². The van der Waals surface area contributed by atoms with Gasteiger partial charge in [-0.05, 0) is 73.0 Å². The predicted octanol–water partition coefficient (Wildman–Crippen LogP) is 4.04. The molecule has 0 bridgehead atoms. The van der Waals surface area contributed by atoms with Crippen LogP contribution in [0.25, 0.3) is 0 Å². The van der Waals surface area contributed by atoms with Crippen molar-refractivity contribution in [3.8, 4) is 0 Å². The van der Waals surface area contributed by atoms with E-state index in [1.54, 1.807) is 0 Å². The molecule has 0 fully saturated rings. The van der Waals surface area contributed by atoms with Crippen molar-refractivity contribution in [3.63, 3.8) is 0 Å². The highest BCUT2D eigenvalue weighted by Gasteiger charge is 1.99. The van der Waals surface area contributed by atoms with Gasteiger partial charge in [0.15, 0.2) is 0 Å². The summed E-state index contributed by atoms with van der Waals surface area (Å²) < 4.78 is 0. The van der Waals surface area contributed by atoms with Crippen molar-refractivity contribution in [2.24, 2.45) is 0 Å². The van der Waals surface area contributed by atoms with Crippen LogP contribution in [0.5, 0.6) is 0 Å². The number of hydrogen-bond acceptors (Lipinski definition) is 3. The SMILES string of the molecule is CNCCCCCCCCN(C)CCCCCCCCNC. The molecule has 0 aromatic heterocycles. The van der Waals surface area contributed by atoms with E-state index >= 15 is 0 Å². The lowest BCUT2D eigenvalue weighted by Crippen LogP contribution is -2.20. The molecule has 0 atom stereocenters. The third-order valence-corrected chi connectivity index (χ3v) is 4.43. The molecular weight excluding hydrogens is 270 g/mol. The third-order valence-electron chi connectivity index (χ3n) is 4.43. The third kappa shape index (κ3) is 17.9. The van der Waals surface area contributed by atoms with Gasteiger partial charge in [-0.15, -0.1) is 0 Å². The van der Waals surface area contributed by atoms with Gasteiger partial charge in [0.2, 0.25) is 0 Å². The van der Waals surface area contributed by atoms with Gasteiger partial charge in [-0.25, -0.2) is 0 Å². The Balaban J connectivity index is 3.11. The summed E-state index contributed by atoms with van der Waals surface area (Å²) in [5.74, 6) is 0. The molecule has 3 heteroatoms. The summed E-state index contributed by atoms with van der Waals surface area (Å²) in [5.41, 5.74) is 0. The Hall–Kier alpha value is -0.120. The minimum atomic E-state index is 1.18. The van der Waals surface area contributed by atoms with E-state index in [4.69, 9.17) is 0 Å². The first-order valence-corrected chi connectivity index (χ1v) is 9.79. The molecule has 0 radical (unpaired) electrons. The fraction of sp³-hybridized carbons (Fsp3) is 1.00. The summed E-state index contributed by atoms with van der Waals surface area (Å²) in [5, 5.41) is 6.43. The maximum atomic E-state index is 3.22. The van der Waals surface area contributed by atoms with Crippen LogP contribution in [0.4, 0.5) is 0 Å². The topological polar surface area (TPSA) is 27.3 Å². The van der Waals surface area contributed by atoms with E-state index in [1.165, 1.54) is 103 Å². The molecule has 22 heavy (non-hydrogen) atoms. The fourth-order valence-electron chi connectivity index (χ4n) is 2.89. The summed E-state index contributed by atoms with van der Waals surface area (Å²) in [6, 6.07) is 0. The predicted molar refractivity (Wildman–Crippen MR) is 101 cm³/mol. The monoisotopic (exact) mass is 313 g/mol. The van der Waals surface area contributed by atoms with Gasteiger partial charge in [-0.1, -0.05) is 51.4 Å². The average Bonchev–Trinajstić information content (AvgIpc) is 2.52. The number of unbranched alkanes of at least 4 members (excludes halogenated alkanes) is 10. The molecule has 2 N–H and O–H groups in total. The number of rotatable bonds is 18. The molecule has 0 saturated heterocycles. The van der Waals surface area contributed by atoms with Crippen LogP contribution < -0.4 is 10.6 Å². The minimum Gasteiger partial charge on any atom is -0.320 e. The largest absolute Gasteiger partial charge is 0.320 e. The Kier molecular flexibility index (Phi) is 18.8. The second kappa shape index (κ2) is 18.9. The van der Waals surface area contributed by atoms with Crippen molar-refractivity contribution in [2.75, 3.05) is 47.3 Å². The van der Waals surface area contributed by atoms with E-state index in [-0.39, 0.29) is 0 Å². The van der Waals surface area contributed by atoms with E-state index < -0.39 is 0 Å². The molecular formula is C19H43N3. The van der Waals surface area contributed by atoms with Crippen LogP contribution in [-0.2, 0) is 0 Å². The summed E-state index contributed by atoms with van der Waals surface area (Å²) in [6.07, 6.45) is 16.7. The molecule has 0 rings (SSSR count). The van der Waals surface area contributed by atoms with E-state index in [0.29, 0.717) is 0 Å². The van der Waals surface area contributed by atoms with Crippen LogP contribution in [-0.4, -0.2) is 52.2 Å². The first-order chi connectivity index (χ1) is 10.8. The zero-order valence-electron chi connectivity index (χ0n) is 15.8. The second-order valence-electron chi connectivity index (χ2n) is 6.75. The Labute approximate surface area is 140 Å². The number of hydrogen-bond donors (Lipinski definition) is 2. The quantitative estimate of drug-likeness (QED) is 0.374. The molecule has 0 amide bonds. The molecule has 0 aliphatic carbocycles. The second-order valence-corrected chi connectivity index (χ2v) is 6.75. The van der Waals surface area contributed by atoms with Gasteiger partial charge in [0, 0.05) is 0 Å². The average molecular weight is 314 g/mol. The molecule has 0 heterocycles. The van der Waals surface area contributed by atoms with Crippen LogP contribution in [0.1, 0.15) is 77.0 Å². The zero-order chi connectivity index (χ0) is 16.3. The van der Waals surface area contributed by atoms with E-state index in [0.717, 1.165) is 0 Å². The van der Waals surface area contributed by atoms with Crippen LogP contribution >= 0.6 is 0 Å². The van der Waals surface area contributed by atoms with Crippen LogP contribution in [0, 0.1) is 0 Å². The van der Waals surface area contributed by atoms with Crippen molar-refractivity contribution in [1.29, 1.82) is 0 Å². The number of nitrogens with one attached hydrogen (secondary N) is 2. The molecule has 0 aromatic rings. The maximum absolute atomic E-state index is 3.22. The molecule has 0 unspecified atom stereocenters. The van der Waals surface area contributed by atoms with Crippen molar-refractivity contribution >= 4 is 0 Å². The van der Waals surface area contributed by atoms with Crippen molar-refractivity contribution < 1.29 is 0 Å². The first-order valence-electron chi connectivity index (χ1n) is 9.79. The van der Waals surface area contributed by atoms with Crippen molar-refractivity contribution in [2.45, 2.75) is 77.0 Å². The lowest BCUT2D eigenvalue weighted by Gasteiger charge is -2.16. The van der Waals surface area contributed by atoms with Crippen LogP contribution in [0.2, 0.25) is 0 Å². The summed E-state index contributed by atoms with van der Waals surface area (Å²) in [6.45, 7) is 4.94. The molecule has 0 saturated carbocycles. The molecule has 0 aliphatic heterocycles. The molecule has 3 nitrogen and oxygen atoms in total. The summed E-state index contributed by atoms with van der Waals surface area (Å²) in [7, 11) is 6.37. The van der Waals surface area contributed by atoms with E-state index in [2.05, 4.69) is 22.6 Å². The Bertz CT molecular complexity index is 177. The van der Waals surface area contributed by atoms with Gasteiger partial charge in [0.05, 0.1) is 0 Å². The normalized spacial score (nSPS) is 11.5. The lowest BCUT2D eigenvalue weighted by molar-refractivity contribution is 0.314. The molecule has 0 aliphatic rings. The molecule has 134 valence electrons. The van der Waals surface area contributed by atoms with Crippen molar-refractivity contribution in [1.82, 2.24) is 15.5 Å². The Morgan fingerprint density at radius 1 is 0.500 bits per heavy atom. The highest BCUT2D eigenvalue weighted by Crippen LogP contribution is 2.08. The zero-order valence-corrected chi connectivity index (χ0v) is 15.8. The minimum absolute atomic E-state index is 1.18. The van der Waals surface area contributed by atoms with Gasteiger partial charge < -0.3 is 15.5 Å². The van der Waals surface area contributed by atoms with Crippen LogP contribution in [0.3, 0.4) is 0 Å². The highest BCUT2D eigenvalue weighted by molar-refractivity contribution is 4.55. The molecule has 0 spiro atoms. The standard InChI is InChI=1S/C19H43N3/c1-20-16-12-8-4-6-10-14-18-22(3)19-15-11-7-5-9-13-17-21-2/h20-21H,4-19H2,1-3H3. The summed E-state index contributed by atoms with van der Waals surface area (Å²) in [4.78, 5) is 2.53. The van der Waals surface area contributed by atoms with E-state index in [9.17, 15) is 0 Å².